The van der Waals surface area contributed by atoms with Gasteiger partial charge in [-0.05, 0) is 13.2 Å². The molecule has 7 nitrogen and oxygen atoms in total. The molecule has 110 valence electrons. The SMILES string of the molecule is COCC(C)N(CC(=O)O)c1nc(SC)ncc1C=O. The van der Waals surface area contributed by atoms with Crippen molar-refractivity contribution in [1.82, 2.24) is 9.97 Å². The van der Waals surface area contributed by atoms with E-state index in [4.69, 9.17) is 9.84 Å². The standard InChI is InChI=1S/C12H17N3O4S/c1-8(7-19-2)15(5-10(17)18)11-9(6-16)4-13-12(14-11)20-3/h4,6,8H,5,7H2,1-3H3,(H,17,18). The maximum atomic E-state index is 11.1. The number of carboxylic acids is 1. The molecule has 0 radical (unpaired) electrons. The Labute approximate surface area is 121 Å². The maximum Gasteiger partial charge on any atom is 0.323 e. The van der Waals surface area contributed by atoms with E-state index in [9.17, 15) is 9.59 Å². The summed E-state index contributed by atoms with van der Waals surface area (Å²) in [4.78, 5) is 31.9. The lowest BCUT2D eigenvalue weighted by Crippen LogP contribution is -2.41. The highest BCUT2D eigenvalue weighted by Gasteiger charge is 2.22. The van der Waals surface area contributed by atoms with Gasteiger partial charge in [0.15, 0.2) is 11.4 Å². The minimum Gasteiger partial charge on any atom is -0.480 e. The molecule has 1 rings (SSSR count). The second kappa shape index (κ2) is 7.81. The summed E-state index contributed by atoms with van der Waals surface area (Å²) in [6, 6.07) is -0.237. The third kappa shape index (κ3) is 4.17. The molecule has 1 aromatic heterocycles. The van der Waals surface area contributed by atoms with Crippen molar-refractivity contribution in [2.24, 2.45) is 0 Å². The van der Waals surface area contributed by atoms with Gasteiger partial charge in [0.2, 0.25) is 0 Å². The number of ether oxygens (including phenoxy) is 1. The number of hydrogen-bond donors (Lipinski definition) is 1. The third-order valence-electron chi connectivity index (χ3n) is 2.60. The molecular formula is C12H17N3O4S. The van der Waals surface area contributed by atoms with Crippen molar-refractivity contribution in [3.8, 4) is 0 Å². The van der Waals surface area contributed by atoms with Gasteiger partial charge in [0.25, 0.3) is 0 Å². The number of carbonyl (C=O) groups is 2. The molecule has 0 aromatic carbocycles. The smallest absolute Gasteiger partial charge is 0.323 e. The van der Waals surface area contributed by atoms with Crippen LogP contribution in [0.15, 0.2) is 11.4 Å². The lowest BCUT2D eigenvalue weighted by atomic mass is 10.2. The van der Waals surface area contributed by atoms with Crippen LogP contribution in [0, 0.1) is 0 Å². The molecule has 0 aliphatic carbocycles. The highest BCUT2D eigenvalue weighted by molar-refractivity contribution is 7.98. The van der Waals surface area contributed by atoms with Crippen LogP contribution in [0.1, 0.15) is 17.3 Å². The molecule has 1 N–H and O–H groups in total. The Morgan fingerprint density at radius 1 is 1.65 bits per heavy atom. The first-order chi connectivity index (χ1) is 9.53. The molecule has 1 heterocycles. The number of thioether (sulfide) groups is 1. The van der Waals surface area contributed by atoms with Crippen LogP contribution in [0.5, 0.6) is 0 Å². The van der Waals surface area contributed by atoms with Crippen LogP contribution in [0.2, 0.25) is 0 Å². The Hall–Kier alpha value is -1.67. The summed E-state index contributed by atoms with van der Waals surface area (Å²) in [5.41, 5.74) is 0.256. The molecule has 0 aliphatic heterocycles. The average Bonchev–Trinajstić information content (AvgIpc) is 2.44. The molecule has 0 aliphatic rings. The highest BCUT2D eigenvalue weighted by Crippen LogP contribution is 2.21. The quantitative estimate of drug-likeness (QED) is 0.430. The van der Waals surface area contributed by atoms with Crippen LogP contribution in [0.3, 0.4) is 0 Å². The van der Waals surface area contributed by atoms with Crippen LogP contribution in [-0.2, 0) is 9.53 Å². The highest BCUT2D eigenvalue weighted by atomic mass is 32.2. The molecule has 0 fully saturated rings. The molecule has 8 heteroatoms. The summed E-state index contributed by atoms with van der Waals surface area (Å²) in [7, 11) is 1.53. The van der Waals surface area contributed by atoms with E-state index in [1.807, 2.05) is 6.92 Å². The van der Waals surface area contributed by atoms with E-state index in [1.54, 1.807) is 6.26 Å². The molecule has 1 aromatic rings. The summed E-state index contributed by atoms with van der Waals surface area (Å²) in [5.74, 6) is -0.694. The fourth-order valence-electron chi connectivity index (χ4n) is 1.69. The predicted octanol–water partition coefficient (Wildman–Crippen LogP) is 0.937. The Balaban J connectivity index is 3.22. The van der Waals surface area contributed by atoms with Gasteiger partial charge >= 0.3 is 5.97 Å². The van der Waals surface area contributed by atoms with Crippen molar-refractivity contribution < 1.29 is 19.4 Å². The molecule has 0 saturated carbocycles. The zero-order chi connectivity index (χ0) is 15.1. The fourth-order valence-corrected chi connectivity index (χ4v) is 2.03. The first kappa shape index (κ1) is 16.4. The summed E-state index contributed by atoms with van der Waals surface area (Å²) in [6.07, 6.45) is 3.82. The molecular weight excluding hydrogens is 282 g/mol. The van der Waals surface area contributed by atoms with E-state index in [-0.39, 0.29) is 18.2 Å². The maximum absolute atomic E-state index is 11.1. The second-order valence-corrected chi connectivity index (χ2v) is 4.85. The lowest BCUT2D eigenvalue weighted by Gasteiger charge is -2.29. The Kier molecular flexibility index (Phi) is 6.40. The number of methoxy groups -OCH3 is 1. The van der Waals surface area contributed by atoms with E-state index >= 15 is 0 Å². The normalized spacial score (nSPS) is 11.9. The number of aliphatic carboxylic acids is 1. The van der Waals surface area contributed by atoms with Crippen molar-refractivity contribution >= 4 is 29.8 Å². The van der Waals surface area contributed by atoms with Gasteiger partial charge in [0.1, 0.15) is 12.4 Å². The van der Waals surface area contributed by atoms with E-state index in [2.05, 4.69) is 9.97 Å². The number of hydrogen-bond acceptors (Lipinski definition) is 7. The van der Waals surface area contributed by atoms with Gasteiger partial charge in [-0.3, -0.25) is 9.59 Å². The number of nitrogens with zero attached hydrogens (tertiary/aromatic N) is 3. The summed E-state index contributed by atoms with van der Waals surface area (Å²) in [5, 5.41) is 9.51. The Bertz CT molecular complexity index is 484. The molecule has 20 heavy (non-hydrogen) atoms. The van der Waals surface area contributed by atoms with Crippen LogP contribution >= 0.6 is 11.8 Å². The van der Waals surface area contributed by atoms with Gasteiger partial charge in [0, 0.05) is 13.3 Å². The number of rotatable bonds is 8. The number of aromatic nitrogens is 2. The van der Waals surface area contributed by atoms with Crippen molar-refractivity contribution in [3.05, 3.63) is 11.8 Å². The van der Waals surface area contributed by atoms with Crippen LogP contribution < -0.4 is 4.90 Å². The first-order valence-corrected chi connectivity index (χ1v) is 7.09. The van der Waals surface area contributed by atoms with E-state index < -0.39 is 5.97 Å². The fraction of sp³-hybridized carbons (Fsp3) is 0.500. The Morgan fingerprint density at radius 2 is 2.35 bits per heavy atom. The minimum absolute atomic E-state index is 0.237. The summed E-state index contributed by atoms with van der Waals surface area (Å²) in [6.45, 7) is 1.86. The van der Waals surface area contributed by atoms with Crippen LogP contribution in [0.25, 0.3) is 0 Å². The molecule has 0 amide bonds. The molecule has 1 atom stereocenters. The van der Waals surface area contributed by atoms with Crippen molar-refractivity contribution in [2.45, 2.75) is 18.1 Å². The zero-order valence-corrected chi connectivity index (χ0v) is 12.4. The van der Waals surface area contributed by atoms with Gasteiger partial charge in [0.05, 0.1) is 18.2 Å². The van der Waals surface area contributed by atoms with Gasteiger partial charge in [-0.2, -0.15) is 0 Å². The van der Waals surface area contributed by atoms with E-state index in [0.29, 0.717) is 23.9 Å². The predicted molar refractivity (Wildman–Crippen MR) is 75.5 cm³/mol. The van der Waals surface area contributed by atoms with Crippen molar-refractivity contribution in [2.75, 3.05) is 31.4 Å². The number of anilines is 1. The van der Waals surface area contributed by atoms with Crippen molar-refractivity contribution in [3.63, 3.8) is 0 Å². The second-order valence-electron chi connectivity index (χ2n) is 4.08. The molecule has 1 unspecified atom stereocenters. The summed E-state index contributed by atoms with van der Waals surface area (Å²) >= 11 is 1.32. The first-order valence-electron chi connectivity index (χ1n) is 5.87. The average molecular weight is 299 g/mol. The topological polar surface area (TPSA) is 92.6 Å². The van der Waals surface area contributed by atoms with Gasteiger partial charge < -0.3 is 14.7 Å². The number of aldehydes is 1. The van der Waals surface area contributed by atoms with Gasteiger partial charge in [-0.25, -0.2) is 9.97 Å². The van der Waals surface area contributed by atoms with Crippen LogP contribution in [-0.4, -0.2) is 59.9 Å². The third-order valence-corrected chi connectivity index (χ3v) is 3.16. The molecule has 0 saturated heterocycles. The monoisotopic (exact) mass is 299 g/mol. The lowest BCUT2D eigenvalue weighted by molar-refractivity contribution is -0.135. The number of carbonyl (C=O) groups excluding carboxylic acids is 1. The largest absolute Gasteiger partial charge is 0.480 e. The van der Waals surface area contributed by atoms with Crippen molar-refractivity contribution in [1.29, 1.82) is 0 Å². The van der Waals surface area contributed by atoms with Gasteiger partial charge in [-0.1, -0.05) is 11.8 Å². The minimum atomic E-state index is -1.01. The number of carboxylic acid groups (broad SMARTS) is 1. The Morgan fingerprint density at radius 3 is 2.85 bits per heavy atom. The molecule has 0 bridgehead atoms. The summed E-state index contributed by atoms with van der Waals surface area (Å²) < 4.78 is 5.05. The van der Waals surface area contributed by atoms with E-state index in [1.165, 1.54) is 30.0 Å². The molecule has 0 spiro atoms. The van der Waals surface area contributed by atoms with Crippen LogP contribution in [0.4, 0.5) is 5.82 Å². The zero-order valence-electron chi connectivity index (χ0n) is 11.6. The van der Waals surface area contributed by atoms with E-state index in [0.717, 1.165) is 0 Å². The van der Waals surface area contributed by atoms with Gasteiger partial charge in [-0.15, -0.1) is 0 Å².